The topological polar surface area (TPSA) is 113 Å². The standard InChI is InChI=1S/C8H12N2O6S2/c1-15-6-5(17(3,11)12)7(16-2)10-8(9-6)18(4,13)14/h1-4H3. The largest absolute Gasteiger partial charge is 0.480 e. The van der Waals surface area contributed by atoms with Crippen molar-refractivity contribution in [1.29, 1.82) is 0 Å². The summed E-state index contributed by atoms with van der Waals surface area (Å²) in [6.07, 6.45) is 1.80. The summed E-state index contributed by atoms with van der Waals surface area (Å²) >= 11 is 0. The number of ether oxygens (including phenoxy) is 2. The van der Waals surface area contributed by atoms with Gasteiger partial charge in [-0.3, -0.25) is 0 Å². The quantitative estimate of drug-likeness (QED) is 0.670. The van der Waals surface area contributed by atoms with E-state index in [0.29, 0.717) is 0 Å². The first kappa shape index (κ1) is 14.6. The molecule has 0 aliphatic carbocycles. The van der Waals surface area contributed by atoms with Crippen molar-refractivity contribution in [2.24, 2.45) is 0 Å². The van der Waals surface area contributed by atoms with Crippen LogP contribution in [0.1, 0.15) is 0 Å². The zero-order chi connectivity index (χ0) is 14.1. The van der Waals surface area contributed by atoms with Crippen molar-refractivity contribution in [1.82, 2.24) is 9.97 Å². The summed E-state index contributed by atoms with van der Waals surface area (Å²) < 4.78 is 55.4. The molecular weight excluding hydrogens is 284 g/mol. The number of aromatic nitrogens is 2. The van der Waals surface area contributed by atoms with Crippen molar-refractivity contribution in [3.05, 3.63) is 0 Å². The van der Waals surface area contributed by atoms with Crippen LogP contribution in [-0.2, 0) is 19.7 Å². The summed E-state index contributed by atoms with van der Waals surface area (Å²) in [4.78, 5) is 6.73. The molecule has 0 N–H and O–H groups in total. The summed E-state index contributed by atoms with van der Waals surface area (Å²) in [5.41, 5.74) is 0. The van der Waals surface area contributed by atoms with E-state index in [0.717, 1.165) is 12.5 Å². The van der Waals surface area contributed by atoms with E-state index in [9.17, 15) is 16.8 Å². The van der Waals surface area contributed by atoms with Gasteiger partial charge in [0.25, 0.3) is 5.16 Å². The summed E-state index contributed by atoms with van der Waals surface area (Å²) in [6.45, 7) is 0. The molecule has 1 rings (SSSR count). The van der Waals surface area contributed by atoms with Crippen LogP contribution in [0, 0.1) is 0 Å². The first-order valence-corrected chi connectivity index (χ1v) is 8.29. The van der Waals surface area contributed by atoms with Gasteiger partial charge in [0.2, 0.25) is 21.6 Å². The van der Waals surface area contributed by atoms with E-state index in [4.69, 9.17) is 9.47 Å². The van der Waals surface area contributed by atoms with E-state index in [1.54, 1.807) is 0 Å². The van der Waals surface area contributed by atoms with Crippen LogP contribution in [0.2, 0.25) is 0 Å². The Bertz CT molecular complexity index is 640. The summed E-state index contributed by atoms with van der Waals surface area (Å²) in [5.74, 6) is -0.741. The fourth-order valence-electron chi connectivity index (χ4n) is 1.15. The number of hydrogen-bond acceptors (Lipinski definition) is 8. The van der Waals surface area contributed by atoms with E-state index < -0.39 is 24.8 Å². The second-order valence-electron chi connectivity index (χ2n) is 3.40. The molecule has 0 aliphatic rings. The Hall–Kier alpha value is -1.42. The minimum Gasteiger partial charge on any atom is -0.480 e. The van der Waals surface area contributed by atoms with E-state index in [-0.39, 0.29) is 16.7 Å². The van der Waals surface area contributed by atoms with Crippen molar-refractivity contribution >= 4 is 19.7 Å². The molecule has 1 aromatic heterocycles. The van der Waals surface area contributed by atoms with Gasteiger partial charge in [-0.15, -0.1) is 0 Å². The maximum absolute atomic E-state index is 11.6. The van der Waals surface area contributed by atoms with Gasteiger partial charge < -0.3 is 9.47 Å². The molecule has 0 spiro atoms. The highest BCUT2D eigenvalue weighted by Gasteiger charge is 2.27. The molecule has 102 valence electrons. The second-order valence-corrected chi connectivity index (χ2v) is 7.26. The first-order chi connectivity index (χ1) is 8.11. The van der Waals surface area contributed by atoms with Crippen molar-refractivity contribution in [2.45, 2.75) is 10.1 Å². The normalized spacial score (nSPS) is 12.2. The lowest BCUT2D eigenvalue weighted by atomic mass is 10.6. The zero-order valence-electron chi connectivity index (χ0n) is 10.2. The maximum Gasteiger partial charge on any atom is 0.253 e. The van der Waals surface area contributed by atoms with Crippen LogP contribution in [0.4, 0.5) is 0 Å². The van der Waals surface area contributed by atoms with Crippen LogP contribution in [-0.4, -0.2) is 53.5 Å². The Morgan fingerprint density at radius 2 is 1.22 bits per heavy atom. The van der Waals surface area contributed by atoms with E-state index >= 15 is 0 Å². The van der Waals surface area contributed by atoms with Crippen molar-refractivity contribution in [3.63, 3.8) is 0 Å². The maximum atomic E-state index is 11.6. The minimum absolute atomic E-state index is 0.371. The third-order valence-electron chi connectivity index (χ3n) is 1.87. The molecular formula is C8H12N2O6S2. The van der Waals surface area contributed by atoms with Gasteiger partial charge in [-0.1, -0.05) is 0 Å². The molecule has 0 radical (unpaired) electrons. The average Bonchev–Trinajstić information content (AvgIpc) is 2.24. The monoisotopic (exact) mass is 296 g/mol. The lowest BCUT2D eigenvalue weighted by Crippen LogP contribution is -2.12. The molecule has 1 heterocycles. The van der Waals surface area contributed by atoms with E-state index in [1.807, 2.05) is 0 Å². The molecule has 0 unspecified atom stereocenters. The molecule has 0 amide bonds. The molecule has 0 saturated heterocycles. The molecule has 0 atom stereocenters. The highest BCUT2D eigenvalue weighted by atomic mass is 32.2. The Balaban J connectivity index is 3.76. The van der Waals surface area contributed by atoms with Gasteiger partial charge >= 0.3 is 0 Å². The van der Waals surface area contributed by atoms with Crippen molar-refractivity contribution < 1.29 is 26.3 Å². The molecule has 0 fully saturated rings. The Morgan fingerprint density at radius 1 is 0.833 bits per heavy atom. The van der Waals surface area contributed by atoms with Crippen LogP contribution < -0.4 is 9.47 Å². The summed E-state index contributed by atoms with van der Waals surface area (Å²) in [6, 6.07) is 0. The lowest BCUT2D eigenvalue weighted by Gasteiger charge is -2.10. The number of sulfone groups is 2. The van der Waals surface area contributed by atoms with Crippen LogP contribution in [0.3, 0.4) is 0 Å². The molecule has 0 aromatic carbocycles. The lowest BCUT2D eigenvalue weighted by molar-refractivity contribution is 0.341. The van der Waals surface area contributed by atoms with Gasteiger partial charge in [-0.2, -0.15) is 9.97 Å². The molecule has 8 nitrogen and oxygen atoms in total. The Morgan fingerprint density at radius 3 is 1.44 bits per heavy atom. The highest BCUT2D eigenvalue weighted by molar-refractivity contribution is 7.91. The summed E-state index contributed by atoms with van der Waals surface area (Å²) in [5, 5.41) is -0.566. The average molecular weight is 296 g/mol. The number of rotatable bonds is 4. The van der Waals surface area contributed by atoms with Crippen LogP contribution in [0.25, 0.3) is 0 Å². The SMILES string of the molecule is COc1nc(S(C)(=O)=O)nc(OC)c1S(C)(=O)=O. The van der Waals surface area contributed by atoms with E-state index in [1.165, 1.54) is 14.2 Å². The van der Waals surface area contributed by atoms with Crippen LogP contribution in [0.15, 0.2) is 10.1 Å². The van der Waals surface area contributed by atoms with Gasteiger partial charge in [0.05, 0.1) is 14.2 Å². The zero-order valence-corrected chi connectivity index (χ0v) is 11.8. The Kier molecular flexibility index (Phi) is 3.81. The predicted molar refractivity (Wildman–Crippen MR) is 61.4 cm³/mol. The van der Waals surface area contributed by atoms with E-state index in [2.05, 4.69) is 9.97 Å². The smallest absolute Gasteiger partial charge is 0.253 e. The minimum atomic E-state index is -3.72. The number of nitrogens with zero attached hydrogens (tertiary/aromatic N) is 2. The van der Waals surface area contributed by atoms with Gasteiger partial charge in [-0.25, -0.2) is 16.8 Å². The first-order valence-electron chi connectivity index (χ1n) is 4.51. The third-order valence-corrected chi connectivity index (χ3v) is 3.81. The van der Waals surface area contributed by atoms with Gasteiger partial charge in [0, 0.05) is 12.5 Å². The molecule has 0 bridgehead atoms. The fourth-order valence-corrected chi connectivity index (χ4v) is 2.54. The predicted octanol–water partition coefficient (Wildman–Crippen LogP) is -0.699. The number of methoxy groups -OCH3 is 2. The van der Waals surface area contributed by atoms with Gasteiger partial charge in [-0.05, 0) is 0 Å². The van der Waals surface area contributed by atoms with Crippen molar-refractivity contribution in [2.75, 3.05) is 26.7 Å². The number of hydrogen-bond donors (Lipinski definition) is 0. The molecule has 1 aromatic rings. The highest BCUT2D eigenvalue weighted by Crippen LogP contribution is 2.30. The van der Waals surface area contributed by atoms with Crippen LogP contribution in [0.5, 0.6) is 11.8 Å². The Labute approximate surface area is 105 Å². The molecule has 10 heteroatoms. The van der Waals surface area contributed by atoms with Gasteiger partial charge in [0.1, 0.15) is 0 Å². The third kappa shape index (κ3) is 2.88. The molecule has 0 saturated carbocycles. The summed E-state index contributed by atoms with van der Waals surface area (Å²) in [7, 11) is -5.09. The van der Waals surface area contributed by atoms with Crippen molar-refractivity contribution in [3.8, 4) is 11.8 Å². The molecule has 0 aliphatic heterocycles. The fraction of sp³-hybridized carbons (Fsp3) is 0.500. The molecule has 18 heavy (non-hydrogen) atoms. The second kappa shape index (κ2) is 4.69. The van der Waals surface area contributed by atoms with Gasteiger partial charge in [0.15, 0.2) is 14.7 Å². The van der Waals surface area contributed by atoms with Crippen LogP contribution >= 0.6 is 0 Å².